The summed E-state index contributed by atoms with van der Waals surface area (Å²) in [5.74, 6) is 0. The van der Waals surface area contributed by atoms with Crippen LogP contribution in [0, 0.1) is 6.92 Å². The maximum atomic E-state index is 9.34. The summed E-state index contributed by atoms with van der Waals surface area (Å²) in [4.78, 5) is 0. The highest BCUT2D eigenvalue weighted by Crippen LogP contribution is 2.25. The van der Waals surface area contributed by atoms with Gasteiger partial charge in [0.25, 0.3) is 0 Å². The summed E-state index contributed by atoms with van der Waals surface area (Å²) in [5.41, 5.74) is 3.84. The third-order valence-electron chi connectivity index (χ3n) is 2.79. The lowest BCUT2D eigenvalue weighted by molar-refractivity contribution is 0.277. The van der Waals surface area contributed by atoms with E-state index in [4.69, 9.17) is 0 Å². The maximum Gasteiger partial charge on any atom is 0.116 e. The Balaban J connectivity index is 2.56. The zero-order chi connectivity index (χ0) is 12.3. The number of aromatic nitrogens is 3. The first-order valence-corrected chi connectivity index (χ1v) is 5.87. The van der Waals surface area contributed by atoms with Crippen LogP contribution in [0.5, 0.6) is 0 Å². The van der Waals surface area contributed by atoms with Crippen LogP contribution < -0.4 is 0 Å². The number of rotatable bonds is 4. The molecule has 1 N–H and O–H groups in total. The van der Waals surface area contributed by atoms with E-state index >= 15 is 0 Å². The van der Waals surface area contributed by atoms with Crippen molar-refractivity contribution in [2.75, 3.05) is 0 Å². The van der Waals surface area contributed by atoms with Gasteiger partial charge in [-0.15, -0.1) is 5.10 Å². The number of hydrogen-bond donors (Lipinski definition) is 1. The van der Waals surface area contributed by atoms with Gasteiger partial charge in [-0.1, -0.05) is 36.4 Å². The highest BCUT2D eigenvalue weighted by Gasteiger charge is 2.14. The smallest absolute Gasteiger partial charge is 0.116 e. The van der Waals surface area contributed by atoms with Gasteiger partial charge in [0.05, 0.1) is 12.3 Å². The number of aliphatic hydroxyl groups excluding tert-OH is 1. The van der Waals surface area contributed by atoms with E-state index in [1.807, 2.05) is 22.9 Å². The first-order valence-electron chi connectivity index (χ1n) is 5.87. The summed E-state index contributed by atoms with van der Waals surface area (Å²) in [6, 6.07) is 8.09. The number of benzene rings is 1. The second-order valence-electron chi connectivity index (χ2n) is 4.08. The highest BCUT2D eigenvalue weighted by atomic mass is 16.3. The predicted octanol–water partition coefficient (Wildman–Crippen LogP) is 2.16. The molecule has 0 saturated heterocycles. The molecule has 0 spiro atoms. The number of aliphatic hydroxyl groups is 1. The molecule has 0 aliphatic heterocycles. The maximum absolute atomic E-state index is 9.34. The summed E-state index contributed by atoms with van der Waals surface area (Å²) in [6.45, 7) is 4.89. The molecule has 1 aromatic heterocycles. The van der Waals surface area contributed by atoms with Crippen LogP contribution in [0.3, 0.4) is 0 Å². The van der Waals surface area contributed by atoms with Gasteiger partial charge in [-0.05, 0) is 18.9 Å². The minimum atomic E-state index is -0.0760. The van der Waals surface area contributed by atoms with Crippen LogP contribution in [0.25, 0.3) is 11.3 Å². The molecule has 0 saturated carbocycles. The fourth-order valence-corrected chi connectivity index (χ4v) is 1.96. The average molecular weight is 231 g/mol. The fraction of sp³-hybridized carbons (Fsp3) is 0.385. The monoisotopic (exact) mass is 231 g/mol. The van der Waals surface area contributed by atoms with Gasteiger partial charge in [0.15, 0.2) is 0 Å². The number of aryl methyl sites for hydroxylation is 2. The minimum Gasteiger partial charge on any atom is -0.390 e. The van der Waals surface area contributed by atoms with E-state index in [0.29, 0.717) is 5.69 Å². The zero-order valence-corrected chi connectivity index (χ0v) is 10.2. The van der Waals surface area contributed by atoms with Crippen molar-refractivity contribution in [2.45, 2.75) is 33.4 Å². The van der Waals surface area contributed by atoms with E-state index in [1.165, 1.54) is 5.56 Å². The standard InChI is InChI=1S/C13H17N3O/c1-3-8-16-13(12(9-17)14-15-16)11-7-5-4-6-10(11)2/h4-7,17H,3,8-9H2,1-2H3. The molecule has 0 fully saturated rings. The average Bonchev–Trinajstić information content (AvgIpc) is 2.73. The topological polar surface area (TPSA) is 50.9 Å². The lowest BCUT2D eigenvalue weighted by Gasteiger charge is -2.09. The highest BCUT2D eigenvalue weighted by molar-refractivity contribution is 5.65. The van der Waals surface area contributed by atoms with Crippen LogP contribution in [-0.4, -0.2) is 20.1 Å². The molecule has 0 unspecified atom stereocenters. The van der Waals surface area contributed by atoms with E-state index in [2.05, 4.69) is 30.2 Å². The molecule has 0 radical (unpaired) electrons. The van der Waals surface area contributed by atoms with Crippen molar-refractivity contribution in [1.82, 2.24) is 15.0 Å². The Hall–Kier alpha value is -1.68. The Kier molecular flexibility index (Phi) is 3.54. The molecule has 0 amide bonds. The largest absolute Gasteiger partial charge is 0.390 e. The molecule has 1 heterocycles. The molecule has 0 atom stereocenters. The number of nitrogens with zero attached hydrogens (tertiary/aromatic N) is 3. The molecule has 0 aliphatic carbocycles. The summed E-state index contributed by atoms with van der Waals surface area (Å²) in [7, 11) is 0. The van der Waals surface area contributed by atoms with Crippen molar-refractivity contribution in [3.63, 3.8) is 0 Å². The first-order chi connectivity index (χ1) is 8.27. The normalized spacial score (nSPS) is 10.8. The van der Waals surface area contributed by atoms with E-state index in [-0.39, 0.29) is 6.61 Å². The van der Waals surface area contributed by atoms with Crippen LogP contribution in [0.1, 0.15) is 24.6 Å². The minimum absolute atomic E-state index is 0.0760. The molecule has 1 aromatic carbocycles. The SMILES string of the molecule is CCCn1nnc(CO)c1-c1ccccc1C. The summed E-state index contributed by atoms with van der Waals surface area (Å²) in [5, 5.41) is 17.5. The van der Waals surface area contributed by atoms with Gasteiger partial charge >= 0.3 is 0 Å². The molecule has 0 bridgehead atoms. The van der Waals surface area contributed by atoms with Gasteiger partial charge in [-0.25, -0.2) is 4.68 Å². The summed E-state index contributed by atoms with van der Waals surface area (Å²) >= 11 is 0. The van der Waals surface area contributed by atoms with E-state index in [0.717, 1.165) is 24.2 Å². The Morgan fingerprint density at radius 3 is 2.71 bits per heavy atom. The van der Waals surface area contributed by atoms with Crippen LogP contribution >= 0.6 is 0 Å². The third-order valence-corrected chi connectivity index (χ3v) is 2.79. The Bertz CT molecular complexity index is 505. The van der Waals surface area contributed by atoms with Gasteiger partial charge in [0, 0.05) is 12.1 Å². The third kappa shape index (κ3) is 2.22. The Morgan fingerprint density at radius 2 is 2.06 bits per heavy atom. The van der Waals surface area contributed by atoms with Crippen molar-refractivity contribution in [3.8, 4) is 11.3 Å². The summed E-state index contributed by atoms with van der Waals surface area (Å²) < 4.78 is 1.87. The van der Waals surface area contributed by atoms with Crippen molar-refractivity contribution >= 4 is 0 Å². The second kappa shape index (κ2) is 5.10. The summed E-state index contributed by atoms with van der Waals surface area (Å²) in [6.07, 6.45) is 0.993. The lowest BCUT2D eigenvalue weighted by Crippen LogP contribution is -2.03. The molecule has 90 valence electrons. The molecule has 0 aliphatic rings. The van der Waals surface area contributed by atoms with Crippen LogP contribution in [-0.2, 0) is 13.2 Å². The zero-order valence-electron chi connectivity index (χ0n) is 10.2. The van der Waals surface area contributed by atoms with Crippen LogP contribution in [0.2, 0.25) is 0 Å². The quantitative estimate of drug-likeness (QED) is 0.877. The van der Waals surface area contributed by atoms with E-state index in [1.54, 1.807) is 0 Å². The number of hydrogen-bond acceptors (Lipinski definition) is 3. The lowest BCUT2D eigenvalue weighted by atomic mass is 10.0. The van der Waals surface area contributed by atoms with Crippen molar-refractivity contribution in [3.05, 3.63) is 35.5 Å². The molecule has 2 aromatic rings. The second-order valence-corrected chi connectivity index (χ2v) is 4.08. The van der Waals surface area contributed by atoms with Crippen molar-refractivity contribution in [1.29, 1.82) is 0 Å². The van der Waals surface area contributed by atoms with Crippen LogP contribution in [0.4, 0.5) is 0 Å². The molecule has 17 heavy (non-hydrogen) atoms. The Morgan fingerprint density at radius 1 is 1.29 bits per heavy atom. The molecular weight excluding hydrogens is 214 g/mol. The molecule has 4 heteroatoms. The fourth-order valence-electron chi connectivity index (χ4n) is 1.96. The van der Waals surface area contributed by atoms with E-state index < -0.39 is 0 Å². The molecule has 2 rings (SSSR count). The Labute approximate surface area is 101 Å². The van der Waals surface area contributed by atoms with Crippen LogP contribution in [0.15, 0.2) is 24.3 Å². The van der Waals surface area contributed by atoms with Gasteiger partial charge in [0.1, 0.15) is 5.69 Å². The van der Waals surface area contributed by atoms with Gasteiger partial charge < -0.3 is 5.11 Å². The van der Waals surface area contributed by atoms with Gasteiger partial charge in [0.2, 0.25) is 0 Å². The van der Waals surface area contributed by atoms with Gasteiger partial charge in [-0.2, -0.15) is 0 Å². The molecular formula is C13H17N3O. The van der Waals surface area contributed by atoms with Gasteiger partial charge in [-0.3, -0.25) is 0 Å². The van der Waals surface area contributed by atoms with Crippen molar-refractivity contribution < 1.29 is 5.11 Å². The van der Waals surface area contributed by atoms with E-state index in [9.17, 15) is 5.11 Å². The predicted molar refractivity (Wildman–Crippen MR) is 66.4 cm³/mol. The molecule has 4 nitrogen and oxygen atoms in total. The first kappa shape index (κ1) is 11.8. The van der Waals surface area contributed by atoms with Crippen molar-refractivity contribution in [2.24, 2.45) is 0 Å².